The van der Waals surface area contributed by atoms with Gasteiger partial charge in [0.1, 0.15) is 15.8 Å². The van der Waals surface area contributed by atoms with E-state index < -0.39 is 0 Å². The molecule has 0 unspecified atom stereocenters. The van der Waals surface area contributed by atoms with Crippen molar-refractivity contribution in [3.63, 3.8) is 0 Å². The normalized spacial score (nSPS) is 10.4. The summed E-state index contributed by atoms with van der Waals surface area (Å²) < 4.78 is 12.8. The van der Waals surface area contributed by atoms with Crippen LogP contribution in [0.25, 0.3) is 10.6 Å². The number of aliphatic hydroxyl groups is 1. The first-order chi connectivity index (χ1) is 6.79. The number of halogens is 1. The minimum Gasteiger partial charge on any atom is -0.389 e. The molecule has 0 aliphatic carbocycles. The third-order valence-electron chi connectivity index (χ3n) is 1.67. The minimum absolute atomic E-state index is 0.132. The van der Waals surface area contributed by atoms with Crippen LogP contribution in [0.3, 0.4) is 0 Å². The molecule has 1 N–H and O–H groups in total. The zero-order valence-electron chi connectivity index (χ0n) is 7.14. The van der Waals surface area contributed by atoms with Crippen molar-refractivity contribution in [2.75, 3.05) is 0 Å². The lowest BCUT2D eigenvalue weighted by molar-refractivity contribution is 0.280. The fraction of sp³-hybridized carbons (Fsp3) is 0.111. The van der Waals surface area contributed by atoms with Gasteiger partial charge in [0.15, 0.2) is 0 Å². The second-order valence-electron chi connectivity index (χ2n) is 2.67. The summed E-state index contributed by atoms with van der Waals surface area (Å²) in [4.78, 5) is 0. The van der Waals surface area contributed by atoms with E-state index in [9.17, 15) is 4.39 Å². The Morgan fingerprint density at radius 2 is 2.21 bits per heavy atom. The summed E-state index contributed by atoms with van der Waals surface area (Å²) >= 11 is 1.26. The van der Waals surface area contributed by atoms with Gasteiger partial charge in [-0.15, -0.1) is 10.2 Å². The van der Waals surface area contributed by atoms with Crippen LogP contribution in [-0.2, 0) is 6.61 Å². The molecule has 2 aromatic rings. The maximum atomic E-state index is 12.8. The van der Waals surface area contributed by atoms with Crippen molar-refractivity contribution in [1.82, 2.24) is 10.2 Å². The topological polar surface area (TPSA) is 46.0 Å². The second-order valence-corrected chi connectivity index (χ2v) is 3.73. The molecule has 5 heteroatoms. The Kier molecular flexibility index (Phi) is 2.51. The third kappa shape index (κ3) is 1.78. The van der Waals surface area contributed by atoms with Crippen LogP contribution in [0.5, 0.6) is 0 Å². The number of aromatic nitrogens is 2. The van der Waals surface area contributed by atoms with E-state index in [1.807, 2.05) is 0 Å². The highest BCUT2D eigenvalue weighted by Crippen LogP contribution is 2.23. The molecule has 0 atom stereocenters. The summed E-state index contributed by atoms with van der Waals surface area (Å²) in [6.07, 6.45) is 0. The average Bonchev–Trinajstić information content (AvgIpc) is 2.66. The molecule has 0 spiro atoms. The molecular formula is C9H7FN2OS. The van der Waals surface area contributed by atoms with Crippen molar-refractivity contribution in [2.45, 2.75) is 6.61 Å². The largest absolute Gasteiger partial charge is 0.389 e. The van der Waals surface area contributed by atoms with Gasteiger partial charge in [0, 0.05) is 5.56 Å². The van der Waals surface area contributed by atoms with Crippen LogP contribution >= 0.6 is 11.3 Å². The van der Waals surface area contributed by atoms with Gasteiger partial charge in [-0.2, -0.15) is 0 Å². The van der Waals surface area contributed by atoms with Crippen LogP contribution in [0.2, 0.25) is 0 Å². The summed E-state index contributed by atoms with van der Waals surface area (Å²) in [6, 6.07) is 6.13. The minimum atomic E-state index is -0.303. The Hall–Kier alpha value is -1.33. The molecule has 0 radical (unpaired) electrons. The predicted molar refractivity (Wildman–Crippen MR) is 51.2 cm³/mol. The number of rotatable bonds is 2. The third-order valence-corrected chi connectivity index (χ3v) is 2.63. The van der Waals surface area contributed by atoms with Crippen LogP contribution in [0.1, 0.15) is 5.01 Å². The van der Waals surface area contributed by atoms with Crippen molar-refractivity contribution in [1.29, 1.82) is 0 Å². The standard InChI is InChI=1S/C9H7FN2OS/c10-7-3-1-2-6(4-7)9-12-11-8(5-13)14-9/h1-4,13H,5H2. The van der Waals surface area contributed by atoms with Crippen molar-refractivity contribution < 1.29 is 9.50 Å². The quantitative estimate of drug-likeness (QED) is 0.822. The van der Waals surface area contributed by atoms with Crippen molar-refractivity contribution in [3.05, 3.63) is 35.1 Å². The van der Waals surface area contributed by atoms with Gasteiger partial charge in [0.25, 0.3) is 0 Å². The summed E-state index contributed by atoms with van der Waals surface area (Å²) in [6.45, 7) is -0.132. The lowest BCUT2D eigenvalue weighted by Crippen LogP contribution is -1.79. The van der Waals surface area contributed by atoms with E-state index in [1.165, 1.54) is 23.5 Å². The Morgan fingerprint density at radius 3 is 2.86 bits per heavy atom. The fourth-order valence-corrected chi connectivity index (χ4v) is 1.75. The molecule has 3 nitrogen and oxygen atoms in total. The Labute approximate surface area is 83.9 Å². The predicted octanol–water partition coefficient (Wildman–Crippen LogP) is 1.84. The van der Waals surface area contributed by atoms with Gasteiger partial charge >= 0.3 is 0 Å². The molecule has 0 aliphatic heterocycles. The van der Waals surface area contributed by atoms with Crippen molar-refractivity contribution in [3.8, 4) is 10.6 Å². The van der Waals surface area contributed by atoms with Crippen LogP contribution in [-0.4, -0.2) is 15.3 Å². The summed E-state index contributed by atoms with van der Waals surface area (Å²) in [5.74, 6) is -0.303. The Balaban J connectivity index is 2.39. The SMILES string of the molecule is OCc1nnc(-c2cccc(F)c2)s1. The van der Waals surface area contributed by atoms with E-state index in [0.717, 1.165) is 0 Å². The smallest absolute Gasteiger partial charge is 0.147 e. The first kappa shape index (κ1) is 9.23. The van der Waals surface area contributed by atoms with E-state index in [4.69, 9.17) is 5.11 Å². The molecule has 0 bridgehead atoms. The van der Waals surface area contributed by atoms with E-state index in [1.54, 1.807) is 12.1 Å². The van der Waals surface area contributed by atoms with Crippen molar-refractivity contribution in [2.24, 2.45) is 0 Å². The molecule has 1 heterocycles. The van der Waals surface area contributed by atoms with Gasteiger partial charge in [-0.05, 0) is 12.1 Å². The highest BCUT2D eigenvalue weighted by Gasteiger charge is 2.05. The van der Waals surface area contributed by atoms with Crippen LogP contribution in [0, 0.1) is 5.82 Å². The highest BCUT2D eigenvalue weighted by molar-refractivity contribution is 7.14. The molecule has 1 aromatic carbocycles. The molecule has 0 saturated carbocycles. The molecule has 0 aliphatic rings. The van der Waals surface area contributed by atoms with Gasteiger partial charge in [0.2, 0.25) is 0 Å². The van der Waals surface area contributed by atoms with E-state index in [0.29, 0.717) is 15.6 Å². The lowest BCUT2D eigenvalue weighted by Gasteiger charge is -1.93. The number of benzene rings is 1. The van der Waals surface area contributed by atoms with E-state index in [-0.39, 0.29) is 12.4 Å². The maximum Gasteiger partial charge on any atom is 0.147 e. The summed E-state index contributed by atoms with van der Waals surface area (Å²) in [5, 5.41) is 17.5. The van der Waals surface area contributed by atoms with Crippen LogP contribution < -0.4 is 0 Å². The number of aliphatic hydroxyl groups excluding tert-OH is 1. The monoisotopic (exact) mass is 210 g/mol. The van der Waals surface area contributed by atoms with Gasteiger partial charge in [-0.25, -0.2) is 4.39 Å². The number of nitrogens with zero attached hydrogens (tertiary/aromatic N) is 2. The maximum absolute atomic E-state index is 12.8. The average molecular weight is 210 g/mol. The van der Waals surface area contributed by atoms with Crippen LogP contribution in [0.15, 0.2) is 24.3 Å². The first-order valence-electron chi connectivity index (χ1n) is 3.99. The first-order valence-corrected chi connectivity index (χ1v) is 4.80. The molecular weight excluding hydrogens is 203 g/mol. The molecule has 0 fully saturated rings. The molecule has 0 amide bonds. The van der Waals surface area contributed by atoms with Crippen LogP contribution in [0.4, 0.5) is 4.39 Å². The lowest BCUT2D eigenvalue weighted by atomic mass is 10.2. The number of hydrogen-bond donors (Lipinski definition) is 1. The second kappa shape index (κ2) is 3.81. The number of hydrogen-bond acceptors (Lipinski definition) is 4. The van der Waals surface area contributed by atoms with E-state index in [2.05, 4.69) is 10.2 Å². The van der Waals surface area contributed by atoms with Gasteiger partial charge in [-0.1, -0.05) is 23.5 Å². The Morgan fingerprint density at radius 1 is 1.36 bits per heavy atom. The molecule has 1 aromatic heterocycles. The van der Waals surface area contributed by atoms with E-state index >= 15 is 0 Å². The zero-order valence-corrected chi connectivity index (χ0v) is 7.96. The Bertz CT molecular complexity index is 444. The zero-order chi connectivity index (χ0) is 9.97. The van der Waals surface area contributed by atoms with Gasteiger partial charge in [0.05, 0.1) is 6.61 Å². The van der Waals surface area contributed by atoms with Gasteiger partial charge < -0.3 is 5.11 Å². The summed E-state index contributed by atoms with van der Waals surface area (Å²) in [7, 11) is 0. The summed E-state index contributed by atoms with van der Waals surface area (Å²) in [5.41, 5.74) is 0.683. The molecule has 72 valence electrons. The van der Waals surface area contributed by atoms with Crippen molar-refractivity contribution >= 4 is 11.3 Å². The molecule has 2 rings (SSSR count). The van der Waals surface area contributed by atoms with Gasteiger partial charge in [-0.3, -0.25) is 0 Å². The molecule has 14 heavy (non-hydrogen) atoms. The fourth-order valence-electron chi connectivity index (χ4n) is 1.06. The highest BCUT2D eigenvalue weighted by atomic mass is 32.1. The molecule has 0 saturated heterocycles.